The van der Waals surface area contributed by atoms with E-state index in [4.69, 9.17) is 0 Å². The molecule has 0 aliphatic carbocycles. The van der Waals surface area contributed by atoms with Crippen molar-refractivity contribution in [3.63, 3.8) is 0 Å². The predicted octanol–water partition coefficient (Wildman–Crippen LogP) is 9.49. The Balaban J connectivity index is 1.34. The molecule has 0 aliphatic rings. The lowest BCUT2D eigenvalue weighted by atomic mass is 9.98. The van der Waals surface area contributed by atoms with Crippen molar-refractivity contribution in [2.75, 3.05) is 18.0 Å². The average molecular weight is 584 g/mol. The number of hydrogen-bond donors (Lipinski definition) is 0. The van der Waals surface area contributed by atoms with Gasteiger partial charge in [0.2, 0.25) is 0 Å². The molecule has 0 radical (unpaired) electrons. The number of anilines is 1. The molecular weight excluding hydrogens is 542 g/mol. The standard InChI is InChI=1S/C37H41N7/c1-6-8-22-43(23-9-7-2)33-20-18-31(19-21-33)27(3)30-16-14-29(15-17-30)26-44-28(4)36(34-12-10-11-13-35(34)44)40-41-37-32(24-38)25-39-42(37)5/h10-21,25H,3,6-9,22-23,26H2,1-2,4-5H3. The summed E-state index contributed by atoms with van der Waals surface area (Å²) >= 11 is 0. The zero-order chi connectivity index (χ0) is 31.1. The smallest absolute Gasteiger partial charge is 0.190 e. The van der Waals surface area contributed by atoms with Crippen LogP contribution in [0.2, 0.25) is 0 Å². The molecule has 0 amide bonds. The van der Waals surface area contributed by atoms with Gasteiger partial charge in [-0.3, -0.25) is 0 Å². The van der Waals surface area contributed by atoms with Gasteiger partial charge in [0.1, 0.15) is 17.3 Å². The van der Waals surface area contributed by atoms with Crippen molar-refractivity contribution in [2.24, 2.45) is 17.3 Å². The van der Waals surface area contributed by atoms with Crippen LogP contribution in [-0.2, 0) is 13.6 Å². The molecule has 0 unspecified atom stereocenters. The summed E-state index contributed by atoms with van der Waals surface area (Å²) in [5.41, 5.74) is 9.04. The van der Waals surface area contributed by atoms with Crippen LogP contribution in [0.4, 0.5) is 17.2 Å². The van der Waals surface area contributed by atoms with Crippen LogP contribution >= 0.6 is 0 Å². The first-order valence-corrected chi connectivity index (χ1v) is 15.5. The van der Waals surface area contributed by atoms with Gasteiger partial charge in [-0.05, 0) is 60.2 Å². The van der Waals surface area contributed by atoms with E-state index in [2.05, 4.69) is 119 Å². The second-order valence-corrected chi connectivity index (χ2v) is 11.3. The molecule has 0 spiro atoms. The summed E-state index contributed by atoms with van der Waals surface area (Å²) in [7, 11) is 1.76. The van der Waals surface area contributed by atoms with Crippen LogP contribution in [0, 0.1) is 18.3 Å². The Kier molecular flexibility index (Phi) is 9.71. The van der Waals surface area contributed by atoms with Gasteiger partial charge in [0.25, 0.3) is 0 Å². The second kappa shape index (κ2) is 14.0. The number of aromatic nitrogens is 3. The molecule has 0 N–H and O–H groups in total. The second-order valence-electron chi connectivity index (χ2n) is 11.3. The minimum atomic E-state index is 0.399. The fourth-order valence-electron chi connectivity index (χ4n) is 5.57. The fourth-order valence-corrected chi connectivity index (χ4v) is 5.57. The van der Waals surface area contributed by atoms with Crippen LogP contribution < -0.4 is 4.90 Å². The third-order valence-electron chi connectivity index (χ3n) is 8.26. The molecule has 44 heavy (non-hydrogen) atoms. The Labute approximate surface area is 260 Å². The van der Waals surface area contributed by atoms with Crippen molar-refractivity contribution in [3.05, 3.63) is 114 Å². The minimum absolute atomic E-state index is 0.399. The summed E-state index contributed by atoms with van der Waals surface area (Å²) in [6, 6.07) is 27.9. The molecule has 224 valence electrons. The summed E-state index contributed by atoms with van der Waals surface area (Å²) in [5, 5.41) is 23.6. The van der Waals surface area contributed by atoms with Crippen LogP contribution in [0.15, 0.2) is 95.8 Å². The zero-order valence-electron chi connectivity index (χ0n) is 26.3. The maximum absolute atomic E-state index is 9.41. The zero-order valence-corrected chi connectivity index (χ0v) is 26.3. The topological polar surface area (TPSA) is 74.5 Å². The highest BCUT2D eigenvalue weighted by atomic mass is 15.3. The molecule has 0 atom stereocenters. The number of nitrogens with zero attached hydrogens (tertiary/aromatic N) is 7. The molecule has 3 aromatic carbocycles. The molecule has 5 aromatic rings. The van der Waals surface area contributed by atoms with Crippen molar-refractivity contribution in [1.29, 1.82) is 5.26 Å². The van der Waals surface area contributed by atoms with Crippen LogP contribution in [0.25, 0.3) is 16.5 Å². The van der Waals surface area contributed by atoms with Crippen molar-refractivity contribution in [2.45, 2.75) is 53.0 Å². The molecule has 0 fully saturated rings. The molecule has 7 heteroatoms. The number of para-hydroxylation sites is 1. The number of aryl methyl sites for hydroxylation is 1. The lowest BCUT2D eigenvalue weighted by molar-refractivity contribution is 0.678. The molecule has 7 nitrogen and oxygen atoms in total. The van der Waals surface area contributed by atoms with Crippen LogP contribution in [0.1, 0.15) is 67.5 Å². The molecule has 0 saturated heterocycles. The SMILES string of the molecule is C=C(c1ccc(Cn2c(C)c(N=Nc3c(C#N)cnn3C)c3ccccc32)cc1)c1ccc(N(CCCC)CCCC)cc1. The Morgan fingerprint density at radius 3 is 2.18 bits per heavy atom. The molecule has 0 aliphatic heterocycles. The normalized spacial score (nSPS) is 11.3. The summed E-state index contributed by atoms with van der Waals surface area (Å²) in [6.45, 7) is 13.9. The number of azo groups is 1. The van der Waals surface area contributed by atoms with E-state index < -0.39 is 0 Å². The van der Waals surface area contributed by atoms with Crippen molar-refractivity contribution < 1.29 is 0 Å². The number of fused-ring (bicyclic) bond motifs is 1. The largest absolute Gasteiger partial charge is 0.372 e. The fraction of sp³-hybridized carbons (Fsp3) is 0.297. The van der Waals surface area contributed by atoms with Gasteiger partial charge in [-0.25, -0.2) is 4.68 Å². The van der Waals surface area contributed by atoms with Gasteiger partial charge in [0, 0.05) is 43.4 Å². The Hall–Kier alpha value is -4.96. The maximum atomic E-state index is 9.41. The van der Waals surface area contributed by atoms with Gasteiger partial charge in [-0.1, -0.05) is 87.9 Å². The van der Waals surface area contributed by atoms with E-state index in [9.17, 15) is 5.26 Å². The average Bonchev–Trinajstić information content (AvgIpc) is 3.55. The van der Waals surface area contributed by atoms with E-state index >= 15 is 0 Å². The molecule has 2 aromatic heterocycles. The van der Waals surface area contributed by atoms with Crippen LogP contribution in [0.5, 0.6) is 0 Å². The van der Waals surface area contributed by atoms with Gasteiger partial charge < -0.3 is 9.47 Å². The van der Waals surface area contributed by atoms with Gasteiger partial charge in [0.15, 0.2) is 5.82 Å². The maximum Gasteiger partial charge on any atom is 0.190 e. The summed E-state index contributed by atoms with van der Waals surface area (Å²) in [4.78, 5) is 2.51. The van der Waals surface area contributed by atoms with Gasteiger partial charge in [-0.15, -0.1) is 10.2 Å². The third-order valence-corrected chi connectivity index (χ3v) is 8.26. The Morgan fingerprint density at radius 1 is 0.909 bits per heavy atom. The lowest BCUT2D eigenvalue weighted by Gasteiger charge is -2.25. The van der Waals surface area contributed by atoms with Crippen LogP contribution in [0.3, 0.4) is 0 Å². The van der Waals surface area contributed by atoms with Gasteiger partial charge in [-0.2, -0.15) is 10.4 Å². The van der Waals surface area contributed by atoms with E-state index in [1.54, 1.807) is 11.7 Å². The number of rotatable bonds is 13. The number of nitriles is 1. The number of unbranched alkanes of at least 4 members (excludes halogenated alkanes) is 2. The van der Waals surface area contributed by atoms with Crippen LogP contribution in [-0.4, -0.2) is 27.4 Å². The molecule has 5 rings (SSSR count). The van der Waals surface area contributed by atoms with E-state index in [0.717, 1.165) is 52.1 Å². The molecule has 2 heterocycles. The molecular formula is C37H41N7. The molecule has 0 bridgehead atoms. The van der Waals surface area contributed by atoms with Crippen molar-refractivity contribution in [1.82, 2.24) is 14.3 Å². The monoisotopic (exact) mass is 583 g/mol. The summed E-state index contributed by atoms with van der Waals surface area (Å²) in [6.07, 6.45) is 6.34. The first kappa shape index (κ1) is 30.5. The summed E-state index contributed by atoms with van der Waals surface area (Å²) < 4.78 is 3.83. The Morgan fingerprint density at radius 2 is 1.55 bits per heavy atom. The Bertz CT molecular complexity index is 1790. The highest BCUT2D eigenvalue weighted by Gasteiger charge is 2.15. The van der Waals surface area contributed by atoms with Gasteiger partial charge in [0.05, 0.1) is 11.7 Å². The number of hydrogen-bond acceptors (Lipinski definition) is 5. The van der Waals surface area contributed by atoms with E-state index in [-0.39, 0.29) is 0 Å². The first-order chi connectivity index (χ1) is 21.4. The molecule has 0 saturated carbocycles. The third kappa shape index (κ3) is 6.50. The number of benzene rings is 3. The van der Waals surface area contributed by atoms with Gasteiger partial charge >= 0.3 is 0 Å². The van der Waals surface area contributed by atoms with Crippen molar-refractivity contribution >= 4 is 33.7 Å². The lowest BCUT2D eigenvalue weighted by Crippen LogP contribution is -2.25. The van der Waals surface area contributed by atoms with E-state index in [1.165, 1.54) is 43.1 Å². The van der Waals surface area contributed by atoms with Crippen molar-refractivity contribution in [3.8, 4) is 6.07 Å². The predicted molar refractivity (Wildman–Crippen MR) is 181 cm³/mol. The first-order valence-electron chi connectivity index (χ1n) is 15.5. The highest BCUT2D eigenvalue weighted by molar-refractivity contribution is 5.93. The highest BCUT2D eigenvalue weighted by Crippen LogP contribution is 2.35. The summed E-state index contributed by atoms with van der Waals surface area (Å²) in [5.74, 6) is 0.444. The van der Waals surface area contributed by atoms with E-state index in [1.807, 2.05) is 12.1 Å². The minimum Gasteiger partial charge on any atom is -0.372 e. The van der Waals surface area contributed by atoms with E-state index in [0.29, 0.717) is 17.9 Å². The quantitative estimate of drug-likeness (QED) is 0.130.